The molecule has 1 N–H and O–H groups in total. The van der Waals surface area contributed by atoms with E-state index in [0.717, 1.165) is 18.4 Å². The van der Waals surface area contributed by atoms with Gasteiger partial charge in [0.25, 0.3) is 0 Å². The molecule has 0 bridgehead atoms. The molecule has 1 aliphatic rings. The summed E-state index contributed by atoms with van der Waals surface area (Å²) in [7, 11) is 6.11. The molecule has 0 unspecified atom stereocenters. The van der Waals surface area contributed by atoms with E-state index in [1.54, 1.807) is 0 Å². The number of rotatable bonds is 4. The highest BCUT2D eigenvalue weighted by molar-refractivity contribution is 5.30. The summed E-state index contributed by atoms with van der Waals surface area (Å²) >= 11 is 0. The Morgan fingerprint density at radius 2 is 2.19 bits per heavy atom. The Kier molecular flexibility index (Phi) is 3.19. The van der Waals surface area contributed by atoms with E-state index in [2.05, 4.69) is 28.8 Å². The average molecular weight is 222 g/mol. The van der Waals surface area contributed by atoms with E-state index in [1.165, 1.54) is 18.5 Å². The van der Waals surface area contributed by atoms with Crippen LogP contribution in [0, 0.1) is 5.92 Å². The van der Waals surface area contributed by atoms with E-state index in [1.807, 2.05) is 25.2 Å². The quantitative estimate of drug-likeness (QED) is 0.835. The van der Waals surface area contributed by atoms with E-state index in [-0.39, 0.29) is 0 Å². The van der Waals surface area contributed by atoms with Crippen LogP contribution < -0.4 is 10.2 Å². The van der Waals surface area contributed by atoms with E-state index < -0.39 is 0 Å². The lowest BCUT2D eigenvalue weighted by Crippen LogP contribution is -2.39. The third-order valence-corrected chi connectivity index (χ3v) is 3.41. The summed E-state index contributed by atoms with van der Waals surface area (Å²) in [5.74, 6) is 1.92. The average Bonchev–Trinajstić information content (AvgIpc) is 2.53. The Morgan fingerprint density at radius 1 is 1.50 bits per heavy atom. The summed E-state index contributed by atoms with van der Waals surface area (Å²) in [6, 6.07) is 0.715. The van der Waals surface area contributed by atoms with Crippen molar-refractivity contribution in [1.29, 1.82) is 0 Å². The fourth-order valence-electron chi connectivity index (χ4n) is 2.33. The molecule has 0 saturated heterocycles. The summed E-state index contributed by atoms with van der Waals surface area (Å²) in [5.41, 5.74) is 1.25. The maximum atomic E-state index is 4.40. The molecule has 0 radical (unpaired) electrons. The minimum Gasteiger partial charge on any atom is -0.348 e. The number of nitrogens with zero attached hydrogens (tertiary/aromatic N) is 3. The van der Waals surface area contributed by atoms with Gasteiger partial charge in [-0.1, -0.05) is 6.92 Å². The summed E-state index contributed by atoms with van der Waals surface area (Å²) in [4.78, 5) is 6.44. The van der Waals surface area contributed by atoms with Crippen molar-refractivity contribution < 1.29 is 0 Å². The summed E-state index contributed by atoms with van der Waals surface area (Å²) in [6.07, 6.45) is 4.60. The maximum Gasteiger partial charge on any atom is 0.204 e. The predicted molar refractivity (Wildman–Crippen MR) is 66.6 cm³/mol. The molecule has 4 heteroatoms. The van der Waals surface area contributed by atoms with Crippen molar-refractivity contribution in [3.63, 3.8) is 0 Å². The highest BCUT2D eigenvalue weighted by Gasteiger charge is 2.24. The predicted octanol–water partition coefficient (Wildman–Crippen LogP) is 1.37. The van der Waals surface area contributed by atoms with Gasteiger partial charge >= 0.3 is 0 Å². The zero-order valence-electron chi connectivity index (χ0n) is 10.7. The monoisotopic (exact) mass is 222 g/mol. The molecule has 0 aromatic carbocycles. The molecule has 1 aliphatic carbocycles. The van der Waals surface area contributed by atoms with E-state index >= 15 is 0 Å². The molecule has 4 nitrogen and oxygen atoms in total. The molecule has 1 saturated carbocycles. The first-order valence-corrected chi connectivity index (χ1v) is 5.99. The SMILES string of the molecule is CC1CC(NCc2cnc(N(C)C)n2C)C1. The second kappa shape index (κ2) is 4.45. The Hall–Kier alpha value is -1.03. The highest BCUT2D eigenvalue weighted by atomic mass is 15.3. The van der Waals surface area contributed by atoms with E-state index in [0.29, 0.717) is 6.04 Å². The molecule has 0 aliphatic heterocycles. The van der Waals surface area contributed by atoms with Crippen LogP contribution in [0.15, 0.2) is 6.20 Å². The molecule has 0 atom stereocenters. The molecular formula is C12H22N4. The molecule has 90 valence electrons. The topological polar surface area (TPSA) is 33.1 Å². The van der Waals surface area contributed by atoms with Gasteiger partial charge in [-0.2, -0.15) is 0 Å². The largest absolute Gasteiger partial charge is 0.348 e. The number of hydrogen-bond acceptors (Lipinski definition) is 3. The van der Waals surface area contributed by atoms with Gasteiger partial charge in [-0.25, -0.2) is 4.98 Å². The van der Waals surface area contributed by atoms with Gasteiger partial charge in [0.05, 0.1) is 11.9 Å². The summed E-state index contributed by atoms with van der Waals surface area (Å²) in [5, 5.41) is 3.58. The van der Waals surface area contributed by atoms with Gasteiger partial charge in [-0.3, -0.25) is 0 Å². The fraction of sp³-hybridized carbons (Fsp3) is 0.750. The maximum absolute atomic E-state index is 4.40. The highest BCUT2D eigenvalue weighted by Crippen LogP contribution is 2.26. The van der Waals surface area contributed by atoms with Crippen LogP contribution in [0.2, 0.25) is 0 Å². The second-order valence-electron chi connectivity index (χ2n) is 5.16. The molecule has 16 heavy (non-hydrogen) atoms. The lowest BCUT2D eigenvalue weighted by atomic mass is 9.82. The van der Waals surface area contributed by atoms with Crippen LogP contribution >= 0.6 is 0 Å². The van der Waals surface area contributed by atoms with Crippen LogP contribution in [0.25, 0.3) is 0 Å². The molecule has 1 aromatic rings. The van der Waals surface area contributed by atoms with Crippen LogP contribution in [0.5, 0.6) is 0 Å². The van der Waals surface area contributed by atoms with Gasteiger partial charge < -0.3 is 14.8 Å². The third kappa shape index (κ3) is 2.21. The van der Waals surface area contributed by atoms with Gasteiger partial charge in [-0.05, 0) is 18.8 Å². The number of aromatic nitrogens is 2. The van der Waals surface area contributed by atoms with Crippen molar-refractivity contribution in [1.82, 2.24) is 14.9 Å². The van der Waals surface area contributed by atoms with Gasteiger partial charge in [0, 0.05) is 33.7 Å². The minimum atomic E-state index is 0.715. The van der Waals surface area contributed by atoms with Crippen molar-refractivity contribution in [2.45, 2.75) is 32.4 Å². The Bertz CT molecular complexity index is 350. The first-order chi connectivity index (χ1) is 7.58. The lowest BCUT2D eigenvalue weighted by molar-refractivity contribution is 0.239. The minimum absolute atomic E-state index is 0.715. The van der Waals surface area contributed by atoms with Crippen molar-refractivity contribution in [2.24, 2.45) is 13.0 Å². The second-order valence-corrected chi connectivity index (χ2v) is 5.16. The number of anilines is 1. The first-order valence-electron chi connectivity index (χ1n) is 5.99. The van der Waals surface area contributed by atoms with Crippen molar-refractivity contribution in [3.05, 3.63) is 11.9 Å². The van der Waals surface area contributed by atoms with Crippen LogP contribution in [0.3, 0.4) is 0 Å². The van der Waals surface area contributed by atoms with Crippen LogP contribution in [-0.4, -0.2) is 29.7 Å². The summed E-state index contributed by atoms with van der Waals surface area (Å²) < 4.78 is 2.15. The third-order valence-electron chi connectivity index (χ3n) is 3.41. The van der Waals surface area contributed by atoms with Crippen molar-refractivity contribution in [2.75, 3.05) is 19.0 Å². The standard InChI is InChI=1S/C12H22N4/c1-9-5-10(6-9)13-7-11-8-14-12(15(2)3)16(11)4/h8-10,13H,5-7H2,1-4H3. The van der Waals surface area contributed by atoms with Gasteiger partial charge in [0.2, 0.25) is 5.95 Å². The summed E-state index contributed by atoms with van der Waals surface area (Å²) in [6.45, 7) is 3.24. The van der Waals surface area contributed by atoms with Gasteiger partial charge in [-0.15, -0.1) is 0 Å². The number of nitrogens with one attached hydrogen (secondary N) is 1. The normalized spacial score (nSPS) is 24.2. The number of hydrogen-bond donors (Lipinski definition) is 1. The van der Waals surface area contributed by atoms with Gasteiger partial charge in [0.15, 0.2) is 0 Å². The molecule has 1 heterocycles. The zero-order chi connectivity index (χ0) is 11.7. The molecular weight excluding hydrogens is 200 g/mol. The van der Waals surface area contributed by atoms with E-state index in [9.17, 15) is 0 Å². The van der Waals surface area contributed by atoms with E-state index in [4.69, 9.17) is 0 Å². The molecule has 0 spiro atoms. The Morgan fingerprint density at radius 3 is 2.69 bits per heavy atom. The van der Waals surface area contributed by atoms with Gasteiger partial charge in [0.1, 0.15) is 0 Å². The number of imidazole rings is 1. The fourth-order valence-corrected chi connectivity index (χ4v) is 2.33. The van der Waals surface area contributed by atoms with Crippen LogP contribution in [0.4, 0.5) is 5.95 Å². The molecule has 1 fully saturated rings. The zero-order valence-corrected chi connectivity index (χ0v) is 10.7. The molecule has 0 amide bonds. The van der Waals surface area contributed by atoms with Crippen LogP contribution in [0.1, 0.15) is 25.5 Å². The molecule has 1 aromatic heterocycles. The van der Waals surface area contributed by atoms with Crippen LogP contribution in [-0.2, 0) is 13.6 Å². The Labute approximate surface area is 97.7 Å². The first kappa shape index (κ1) is 11.5. The smallest absolute Gasteiger partial charge is 0.204 e. The van der Waals surface area contributed by atoms with Crippen molar-refractivity contribution >= 4 is 5.95 Å². The molecule has 2 rings (SSSR count). The lowest BCUT2D eigenvalue weighted by Gasteiger charge is -2.33. The Balaban J connectivity index is 1.89. The van der Waals surface area contributed by atoms with Crippen molar-refractivity contribution in [3.8, 4) is 0 Å².